The van der Waals surface area contributed by atoms with Gasteiger partial charge in [0.15, 0.2) is 0 Å². The number of hydrogen-bond donors (Lipinski definition) is 2. The number of benzene rings is 1. The van der Waals surface area contributed by atoms with Crippen LogP contribution in [0.15, 0.2) is 22.7 Å². The van der Waals surface area contributed by atoms with Crippen LogP contribution in [-0.4, -0.2) is 27.8 Å². The Morgan fingerprint density at radius 2 is 2.06 bits per heavy atom. The molecule has 0 aromatic heterocycles. The monoisotopic (exact) mass is 324 g/mol. The quantitative estimate of drug-likeness (QED) is 0.774. The second-order valence-electron chi connectivity index (χ2n) is 3.59. The number of sulfonamides is 1. The minimum absolute atomic E-state index is 0.299. The first-order valence-electron chi connectivity index (χ1n) is 4.98. The highest BCUT2D eigenvalue weighted by Crippen LogP contribution is 2.16. The lowest BCUT2D eigenvalue weighted by Crippen LogP contribution is -2.30. The van der Waals surface area contributed by atoms with Crippen molar-refractivity contribution in [2.75, 3.05) is 19.3 Å². The molecule has 2 N–H and O–H groups in total. The molecule has 0 atom stereocenters. The van der Waals surface area contributed by atoms with Gasteiger partial charge in [0.05, 0.1) is 10.7 Å². The molecule has 0 aliphatic carbocycles. The van der Waals surface area contributed by atoms with E-state index in [-0.39, 0.29) is 5.82 Å². The van der Waals surface area contributed by atoms with Gasteiger partial charge >= 0.3 is 0 Å². The van der Waals surface area contributed by atoms with E-state index in [9.17, 15) is 12.8 Å². The van der Waals surface area contributed by atoms with Gasteiger partial charge in [-0.1, -0.05) is 6.07 Å². The summed E-state index contributed by atoms with van der Waals surface area (Å²) in [6.45, 7) is 1.41. The lowest BCUT2D eigenvalue weighted by atomic mass is 10.2. The van der Waals surface area contributed by atoms with Crippen LogP contribution in [0.1, 0.15) is 5.56 Å². The second kappa shape index (κ2) is 6.44. The number of rotatable bonds is 6. The van der Waals surface area contributed by atoms with Crippen LogP contribution in [0, 0.1) is 5.82 Å². The van der Waals surface area contributed by atoms with E-state index in [4.69, 9.17) is 0 Å². The van der Waals surface area contributed by atoms with Gasteiger partial charge < -0.3 is 5.32 Å². The summed E-state index contributed by atoms with van der Waals surface area (Å²) in [5, 5.41) is 3.05. The van der Waals surface area contributed by atoms with Crippen molar-refractivity contribution in [1.29, 1.82) is 0 Å². The van der Waals surface area contributed by atoms with Crippen LogP contribution in [0.5, 0.6) is 0 Å². The Labute approximate surface area is 109 Å². The van der Waals surface area contributed by atoms with E-state index >= 15 is 0 Å². The maximum absolute atomic E-state index is 12.9. The van der Waals surface area contributed by atoms with Gasteiger partial charge in [-0.15, -0.1) is 0 Å². The zero-order valence-corrected chi connectivity index (χ0v) is 11.7. The molecule has 0 aliphatic rings. The van der Waals surface area contributed by atoms with Gasteiger partial charge in [0.2, 0.25) is 10.0 Å². The molecule has 1 aromatic rings. The molecular formula is C10H14BrFN2O2S. The van der Waals surface area contributed by atoms with Gasteiger partial charge in [-0.3, -0.25) is 0 Å². The SMILES string of the molecule is CS(=O)(=O)NCCNCc1ccc(F)c(Br)c1. The highest BCUT2D eigenvalue weighted by Gasteiger charge is 2.01. The molecule has 0 saturated carbocycles. The second-order valence-corrected chi connectivity index (χ2v) is 6.28. The fraction of sp³-hybridized carbons (Fsp3) is 0.400. The molecule has 4 nitrogen and oxygen atoms in total. The van der Waals surface area contributed by atoms with Crippen molar-refractivity contribution in [3.8, 4) is 0 Å². The molecule has 17 heavy (non-hydrogen) atoms. The fourth-order valence-electron chi connectivity index (χ4n) is 1.21. The number of hydrogen-bond acceptors (Lipinski definition) is 3. The van der Waals surface area contributed by atoms with Crippen molar-refractivity contribution in [1.82, 2.24) is 10.0 Å². The van der Waals surface area contributed by atoms with Crippen LogP contribution in [0.2, 0.25) is 0 Å². The largest absolute Gasteiger partial charge is 0.311 e. The van der Waals surface area contributed by atoms with Gasteiger partial charge in [-0.25, -0.2) is 17.5 Å². The first-order valence-corrected chi connectivity index (χ1v) is 7.66. The first-order chi connectivity index (χ1) is 7.88. The zero-order chi connectivity index (χ0) is 12.9. The molecule has 7 heteroatoms. The van der Waals surface area contributed by atoms with E-state index in [1.54, 1.807) is 12.1 Å². The Bertz CT molecular complexity index is 479. The van der Waals surface area contributed by atoms with Crippen LogP contribution >= 0.6 is 15.9 Å². The van der Waals surface area contributed by atoms with Crippen molar-refractivity contribution in [3.05, 3.63) is 34.1 Å². The minimum atomic E-state index is -3.13. The van der Waals surface area contributed by atoms with E-state index in [1.165, 1.54) is 6.07 Å². The third kappa shape index (κ3) is 6.11. The highest BCUT2D eigenvalue weighted by molar-refractivity contribution is 9.10. The molecule has 0 saturated heterocycles. The zero-order valence-electron chi connectivity index (χ0n) is 9.33. The van der Waals surface area contributed by atoms with Crippen LogP contribution in [-0.2, 0) is 16.6 Å². The highest BCUT2D eigenvalue weighted by atomic mass is 79.9. The topological polar surface area (TPSA) is 58.2 Å². The molecule has 0 radical (unpaired) electrons. The minimum Gasteiger partial charge on any atom is -0.311 e. The molecule has 0 spiro atoms. The van der Waals surface area contributed by atoms with Crippen LogP contribution in [0.4, 0.5) is 4.39 Å². The smallest absolute Gasteiger partial charge is 0.208 e. The molecule has 0 bridgehead atoms. The first kappa shape index (κ1) is 14.6. The summed E-state index contributed by atoms with van der Waals surface area (Å²) in [5.41, 5.74) is 0.928. The van der Waals surface area contributed by atoms with Crippen molar-refractivity contribution in [3.63, 3.8) is 0 Å². The van der Waals surface area contributed by atoms with Crippen molar-refractivity contribution >= 4 is 26.0 Å². The Balaban J connectivity index is 2.29. The van der Waals surface area contributed by atoms with Crippen LogP contribution in [0.3, 0.4) is 0 Å². The maximum atomic E-state index is 12.9. The average Bonchev–Trinajstić information content (AvgIpc) is 2.21. The standard InChI is InChI=1S/C10H14BrFN2O2S/c1-17(15,16)14-5-4-13-7-8-2-3-10(12)9(11)6-8/h2-3,6,13-14H,4-5,7H2,1H3. The summed E-state index contributed by atoms with van der Waals surface area (Å²) < 4.78 is 37.2. The van der Waals surface area contributed by atoms with Gasteiger partial charge in [-0.2, -0.15) is 0 Å². The van der Waals surface area contributed by atoms with Gasteiger partial charge in [-0.05, 0) is 33.6 Å². The van der Waals surface area contributed by atoms with Crippen molar-refractivity contribution < 1.29 is 12.8 Å². The fourth-order valence-corrected chi connectivity index (χ4v) is 2.11. The Kier molecular flexibility index (Phi) is 5.51. The summed E-state index contributed by atoms with van der Waals surface area (Å²) >= 11 is 3.10. The summed E-state index contributed by atoms with van der Waals surface area (Å²) in [6, 6.07) is 4.75. The molecule has 1 aromatic carbocycles. The molecule has 0 unspecified atom stereocenters. The maximum Gasteiger partial charge on any atom is 0.208 e. The normalized spacial score (nSPS) is 11.7. The molecule has 0 fully saturated rings. The Morgan fingerprint density at radius 1 is 1.35 bits per heavy atom. The van der Waals surface area contributed by atoms with Crippen molar-refractivity contribution in [2.45, 2.75) is 6.54 Å². The van der Waals surface area contributed by atoms with Gasteiger partial charge in [0.25, 0.3) is 0 Å². The molecule has 96 valence electrons. The Morgan fingerprint density at radius 3 is 2.65 bits per heavy atom. The average molecular weight is 325 g/mol. The van der Waals surface area contributed by atoms with E-state index in [0.29, 0.717) is 24.1 Å². The van der Waals surface area contributed by atoms with Gasteiger partial charge in [0, 0.05) is 19.6 Å². The number of nitrogens with one attached hydrogen (secondary N) is 2. The summed E-state index contributed by atoms with van der Waals surface area (Å²) in [5.74, 6) is -0.299. The third-order valence-corrected chi connectivity index (χ3v) is 3.32. The van der Waals surface area contributed by atoms with Crippen LogP contribution in [0.25, 0.3) is 0 Å². The van der Waals surface area contributed by atoms with Crippen LogP contribution < -0.4 is 10.0 Å². The molecule has 0 aliphatic heterocycles. The summed E-state index contributed by atoms with van der Waals surface area (Å²) in [7, 11) is -3.13. The summed E-state index contributed by atoms with van der Waals surface area (Å²) in [4.78, 5) is 0. The number of halogens is 2. The Hall–Kier alpha value is -0.500. The summed E-state index contributed by atoms with van der Waals surface area (Å²) in [6.07, 6.45) is 1.12. The molecular weight excluding hydrogens is 311 g/mol. The molecule has 0 heterocycles. The van der Waals surface area contributed by atoms with E-state index in [2.05, 4.69) is 26.0 Å². The van der Waals surface area contributed by atoms with E-state index < -0.39 is 10.0 Å². The molecule has 0 amide bonds. The van der Waals surface area contributed by atoms with Crippen molar-refractivity contribution in [2.24, 2.45) is 0 Å². The van der Waals surface area contributed by atoms with E-state index in [1.807, 2.05) is 0 Å². The third-order valence-electron chi connectivity index (χ3n) is 1.98. The lowest BCUT2D eigenvalue weighted by molar-refractivity contribution is 0.581. The molecule has 1 rings (SSSR count). The van der Waals surface area contributed by atoms with E-state index in [0.717, 1.165) is 11.8 Å². The lowest BCUT2D eigenvalue weighted by Gasteiger charge is -2.06. The predicted octanol–water partition coefficient (Wildman–Crippen LogP) is 1.23. The predicted molar refractivity (Wildman–Crippen MR) is 68.7 cm³/mol. The van der Waals surface area contributed by atoms with Gasteiger partial charge in [0.1, 0.15) is 5.82 Å².